The first-order valence-electron chi connectivity index (χ1n) is 5.54. The molecule has 0 fully saturated rings. The van der Waals surface area contributed by atoms with Gasteiger partial charge in [0.2, 0.25) is 0 Å². The van der Waals surface area contributed by atoms with Crippen LogP contribution in [0.3, 0.4) is 0 Å². The molecule has 98 valence electrons. The first-order valence-corrected chi connectivity index (χ1v) is 5.54. The van der Waals surface area contributed by atoms with Crippen LogP contribution in [-0.4, -0.2) is 23.0 Å². The fraction of sp³-hybridized carbons (Fsp3) is 0.333. The van der Waals surface area contributed by atoms with E-state index < -0.39 is 17.8 Å². The Labute approximate surface area is 104 Å². The predicted octanol–water partition coefficient (Wildman–Crippen LogP) is 1.39. The van der Waals surface area contributed by atoms with E-state index in [1.807, 2.05) is 0 Å². The summed E-state index contributed by atoms with van der Waals surface area (Å²) in [5.74, 6) is -1.30. The maximum Gasteiger partial charge on any atom is 0.254 e. The molecular weight excluding hydrogens is 237 g/mol. The lowest BCUT2D eigenvalue weighted by Gasteiger charge is -2.15. The highest BCUT2D eigenvalue weighted by atomic mass is 19.1. The van der Waals surface area contributed by atoms with E-state index in [1.165, 1.54) is 12.1 Å². The van der Waals surface area contributed by atoms with Crippen molar-refractivity contribution in [1.82, 2.24) is 5.32 Å². The summed E-state index contributed by atoms with van der Waals surface area (Å²) in [6.07, 6.45) is 0.440. The Morgan fingerprint density at radius 2 is 2.28 bits per heavy atom. The molecule has 1 unspecified atom stereocenters. The molecule has 0 saturated heterocycles. The van der Waals surface area contributed by atoms with Crippen LogP contribution >= 0.6 is 0 Å². The number of nitrogens with two attached hydrogens (primary N) is 1. The summed E-state index contributed by atoms with van der Waals surface area (Å²) in [6.45, 7) is 3.52. The second-order valence-electron chi connectivity index (χ2n) is 3.94. The summed E-state index contributed by atoms with van der Waals surface area (Å²) in [4.78, 5) is 11.9. The molecule has 5 nitrogen and oxygen atoms in total. The standard InChI is InChI=1S/C12H16FN3O2/c1-3-10(11(14)16-18)15-12(17)8-6-7(2)4-5-9(8)13/h4-6,10,18H,3H2,1-2H3,(H2,14,16)(H,15,17). The average molecular weight is 253 g/mol. The van der Waals surface area contributed by atoms with E-state index in [2.05, 4.69) is 10.5 Å². The molecule has 0 aliphatic rings. The molecule has 0 bridgehead atoms. The number of carbonyl (C=O) groups excluding carboxylic acids is 1. The van der Waals surface area contributed by atoms with Crippen molar-refractivity contribution in [2.75, 3.05) is 0 Å². The SMILES string of the molecule is CCC(NC(=O)c1cc(C)ccc1F)/C(N)=N/O. The minimum Gasteiger partial charge on any atom is -0.409 e. The second kappa shape index (κ2) is 6.00. The van der Waals surface area contributed by atoms with Gasteiger partial charge in [-0.15, -0.1) is 0 Å². The lowest BCUT2D eigenvalue weighted by atomic mass is 10.1. The van der Waals surface area contributed by atoms with E-state index in [9.17, 15) is 9.18 Å². The largest absolute Gasteiger partial charge is 0.409 e. The van der Waals surface area contributed by atoms with Gasteiger partial charge in [-0.2, -0.15) is 0 Å². The number of nitrogens with one attached hydrogen (secondary N) is 1. The van der Waals surface area contributed by atoms with Gasteiger partial charge in [-0.05, 0) is 25.5 Å². The molecule has 0 spiro atoms. The number of benzene rings is 1. The second-order valence-corrected chi connectivity index (χ2v) is 3.94. The maximum atomic E-state index is 13.5. The molecule has 6 heteroatoms. The van der Waals surface area contributed by atoms with Crippen molar-refractivity contribution < 1.29 is 14.4 Å². The van der Waals surface area contributed by atoms with Crippen LogP contribution in [0.25, 0.3) is 0 Å². The zero-order valence-electron chi connectivity index (χ0n) is 10.3. The van der Waals surface area contributed by atoms with E-state index >= 15 is 0 Å². The summed E-state index contributed by atoms with van der Waals surface area (Å²) < 4.78 is 13.5. The van der Waals surface area contributed by atoms with Gasteiger partial charge < -0.3 is 16.3 Å². The Hall–Kier alpha value is -2.11. The number of aryl methyl sites for hydroxylation is 1. The highest BCUT2D eigenvalue weighted by Crippen LogP contribution is 2.10. The van der Waals surface area contributed by atoms with Crippen LogP contribution in [0.15, 0.2) is 23.4 Å². The summed E-state index contributed by atoms with van der Waals surface area (Å²) in [7, 11) is 0. The summed E-state index contributed by atoms with van der Waals surface area (Å²) >= 11 is 0. The molecule has 18 heavy (non-hydrogen) atoms. The molecule has 1 atom stereocenters. The van der Waals surface area contributed by atoms with Crippen molar-refractivity contribution in [3.05, 3.63) is 35.1 Å². The van der Waals surface area contributed by atoms with Crippen LogP contribution in [0.4, 0.5) is 4.39 Å². The summed E-state index contributed by atoms with van der Waals surface area (Å²) in [5, 5.41) is 13.9. The van der Waals surface area contributed by atoms with Crippen LogP contribution in [0, 0.1) is 12.7 Å². The number of halogens is 1. The minimum absolute atomic E-state index is 0.0563. The van der Waals surface area contributed by atoms with Crippen molar-refractivity contribution in [3.8, 4) is 0 Å². The Bertz CT molecular complexity index is 474. The lowest BCUT2D eigenvalue weighted by molar-refractivity contribution is 0.0941. The molecule has 0 radical (unpaired) electrons. The van der Waals surface area contributed by atoms with E-state index in [1.54, 1.807) is 19.9 Å². The summed E-state index contributed by atoms with van der Waals surface area (Å²) in [5.41, 5.74) is 6.13. The topological polar surface area (TPSA) is 87.7 Å². The molecule has 1 amide bonds. The van der Waals surface area contributed by atoms with Gasteiger partial charge in [-0.1, -0.05) is 23.7 Å². The van der Waals surface area contributed by atoms with Crippen molar-refractivity contribution in [3.63, 3.8) is 0 Å². The molecule has 4 N–H and O–H groups in total. The number of rotatable bonds is 4. The highest BCUT2D eigenvalue weighted by molar-refractivity contribution is 5.98. The number of hydrogen-bond acceptors (Lipinski definition) is 3. The van der Waals surface area contributed by atoms with Crippen LogP contribution in [0.2, 0.25) is 0 Å². The van der Waals surface area contributed by atoms with Crippen molar-refractivity contribution in [2.24, 2.45) is 10.9 Å². The van der Waals surface area contributed by atoms with Gasteiger partial charge in [-0.3, -0.25) is 4.79 Å². The highest BCUT2D eigenvalue weighted by Gasteiger charge is 2.18. The molecule has 1 rings (SSSR count). The number of carbonyl (C=O) groups is 1. The van der Waals surface area contributed by atoms with Gasteiger partial charge >= 0.3 is 0 Å². The van der Waals surface area contributed by atoms with Crippen LogP contribution < -0.4 is 11.1 Å². The van der Waals surface area contributed by atoms with E-state index in [0.717, 1.165) is 5.56 Å². The molecular formula is C12H16FN3O2. The Morgan fingerprint density at radius 1 is 1.61 bits per heavy atom. The Kier molecular flexibility index (Phi) is 4.65. The van der Waals surface area contributed by atoms with Crippen molar-refractivity contribution in [2.45, 2.75) is 26.3 Å². The molecule has 0 aliphatic heterocycles. The van der Waals surface area contributed by atoms with E-state index in [0.29, 0.717) is 6.42 Å². The zero-order valence-corrected chi connectivity index (χ0v) is 10.3. The van der Waals surface area contributed by atoms with E-state index in [-0.39, 0.29) is 11.4 Å². The fourth-order valence-electron chi connectivity index (χ4n) is 1.50. The monoisotopic (exact) mass is 253 g/mol. The van der Waals surface area contributed by atoms with Gasteiger partial charge in [-0.25, -0.2) is 4.39 Å². The average Bonchev–Trinajstić information content (AvgIpc) is 2.37. The van der Waals surface area contributed by atoms with Crippen molar-refractivity contribution >= 4 is 11.7 Å². The quantitative estimate of drug-likeness (QED) is 0.328. The molecule has 1 aromatic rings. The van der Waals surface area contributed by atoms with Gasteiger partial charge in [0.15, 0.2) is 5.84 Å². The van der Waals surface area contributed by atoms with Gasteiger partial charge in [0.05, 0.1) is 11.6 Å². The number of amidine groups is 1. The molecule has 0 aliphatic carbocycles. The van der Waals surface area contributed by atoms with Gasteiger partial charge in [0.1, 0.15) is 5.82 Å². The number of amides is 1. The third-order valence-electron chi connectivity index (χ3n) is 2.55. The third kappa shape index (κ3) is 3.19. The first kappa shape index (κ1) is 14.0. The minimum atomic E-state index is -0.623. The maximum absolute atomic E-state index is 13.5. The van der Waals surface area contributed by atoms with Crippen LogP contribution in [0.5, 0.6) is 0 Å². The molecule has 0 saturated carbocycles. The fourth-order valence-corrected chi connectivity index (χ4v) is 1.50. The smallest absolute Gasteiger partial charge is 0.254 e. The van der Waals surface area contributed by atoms with Crippen molar-refractivity contribution in [1.29, 1.82) is 0 Å². The lowest BCUT2D eigenvalue weighted by Crippen LogP contribution is -2.44. The van der Waals surface area contributed by atoms with Gasteiger partial charge in [0, 0.05) is 0 Å². The van der Waals surface area contributed by atoms with Crippen LogP contribution in [0.1, 0.15) is 29.3 Å². The number of oxime groups is 1. The van der Waals surface area contributed by atoms with Gasteiger partial charge in [0.25, 0.3) is 5.91 Å². The normalized spacial score (nSPS) is 13.2. The number of nitrogens with zero attached hydrogens (tertiary/aromatic N) is 1. The predicted molar refractivity (Wildman–Crippen MR) is 66.1 cm³/mol. The molecule has 0 heterocycles. The third-order valence-corrected chi connectivity index (χ3v) is 2.55. The van der Waals surface area contributed by atoms with E-state index in [4.69, 9.17) is 10.9 Å². The molecule has 0 aromatic heterocycles. The molecule has 1 aromatic carbocycles. The van der Waals surface area contributed by atoms with Crippen LogP contribution in [-0.2, 0) is 0 Å². The zero-order chi connectivity index (χ0) is 13.7. The summed E-state index contributed by atoms with van der Waals surface area (Å²) in [6, 6.07) is 3.63. The first-order chi connectivity index (χ1) is 8.49. The number of hydrogen-bond donors (Lipinski definition) is 3. The Morgan fingerprint density at radius 3 is 2.83 bits per heavy atom. The Balaban J connectivity index is 2.91.